The van der Waals surface area contributed by atoms with Gasteiger partial charge in [0.15, 0.2) is 11.6 Å². The number of fused-ring (bicyclic) bond motifs is 1. The number of halogens is 1. The summed E-state index contributed by atoms with van der Waals surface area (Å²) in [5.41, 5.74) is 0.953. The van der Waals surface area contributed by atoms with Gasteiger partial charge in [-0.1, -0.05) is 6.07 Å². The number of hydrogen-bond donors (Lipinski definition) is 1. The molecule has 3 rings (SSSR count). The van der Waals surface area contributed by atoms with E-state index in [1.165, 1.54) is 19.6 Å². The van der Waals surface area contributed by atoms with Crippen molar-refractivity contribution in [1.29, 1.82) is 0 Å². The lowest BCUT2D eigenvalue weighted by atomic mass is 9.84. The second kappa shape index (κ2) is 8.04. The topological polar surface area (TPSA) is 44.8 Å². The fourth-order valence-electron chi connectivity index (χ4n) is 4.11. The first-order valence-electron chi connectivity index (χ1n) is 9.14. The number of nitrogens with one attached hydrogen (secondary N) is 1. The SMILES string of the molecule is COc1cc(CCNC(=O)N2CCC[C@H]3CN(C)CC[C@H]32)ccc1F. The number of likely N-dealkylation sites (tertiary alicyclic amines) is 2. The van der Waals surface area contributed by atoms with E-state index in [2.05, 4.69) is 17.3 Å². The zero-order chi connectivity index (χ0) is 17.8. The highest BCUT2D eigenvalue weighted by atomic mass is 19.1. The van der Waals surface area contributed by atoms with Crippen molar-refractivity contribution in [3.8, 4) is 5.75 Å². The lowest BCUT2D eigenvalue weighted by Gasteiger charge is -2.46. The van der Waals surface area contributed by atoms with E-state index in [4.69, 9.17) is 4.74 Å². The van der Waals surface area contributed by atoms with Gasteiger partial charge in [0.05, 0.1) is 7.11 Å². The summed E-state index contributed by atoms with van der Waals surface area (Å²) in [6.07, 6.45) is 4.02. The Morgan fingerprint density at radius 2 is 2.20 bits per heavy atom. The first-order chi connectivity index (χ1) is 12.1. The number of hydrogen-bond acceptors (Lipinski definition) is 3. The van der Waals surface area contributed by atoms with Crippen molar-refractivity contribution in [3.05, 3.63) is 29.6 Å². The highest BCUT2D eigenvalue weighted by molar-refractivity contribution is 5.74. The number of amides is 2. The van der Waals surface area contributed by atoms with Crippen molar-refractivity contribution in [1.82, 2.24) is 15.1 Å². The number of carbonyl (C=O) groups excluding carboxylic acids is 1. The third-order valence-electron chi connectivity index (χ3n) is 5.44. The maximum absolute atomic E-state index is 13.4. The second-order valence-electron chi connectivity index (χ2n) is 7.16. The first-order valence-corrected chi connectivity index (χ1v) is 9.14. The van der Waals surface area contributed by atoms with Crippen LogP contribution in [0.3, 0.4) is 0 Å². The molecule has 0 spiro atoms. The molecule has 5 nitrogen and oxygen atoms in total. The van der Waals surface area contributed by atoms with Crippen LogP contribution < -0.4 is 10.1 Å². The van der Waals surface area contributed by atoms with Gasteiger partial charge in [0.2, 0.25) is 0 Å². The molecule has 1 aromatic rings. The third-order valence-corrected chi connectivity index (χ3v) is 5.44. The van der Waals surface area contributed by atoms with E-state index in [1.807, 2.05) is 4.90 Å². The number of ether oxygens (including phenoxy) is 1. The van der Waals surface area contributed by atoms with E-state index >= 15 is 0 Å². The van der Waals surface area contributed by atoms with Crippen LogP contribution >= 0.6 is 0 Å². The lowest BCUT2D eigenvalue weighted by Crippen LogP contribution is -2.57. The van der Waals surface area contributed by atoms with Crippen LogP contribution in [0, 0.1) is 11.7 Å². The van der Waals surface area contributed by atoms with Gasteiger partial charge in [-0.2, -0.15) is 0 Å². The van der Waals surface area contributed by atoms with Crippen molar-refractivity contribution < 1.29 is 13.9 Å². The molecule has 1 aromatic carbocycles. The molecule has 0 unspecified atom stereocenters. The number of benzene rings is 1. The summed E-state index contributed by atoms with van der Waals surface area (Å²) >= 11 is 0. The average Bonchev–Trinajstić information content (AvgIpc) is 2.62. The normalized spacial score (nSPS) is 23.9. The summed E-state index contributed by atoms with van der Waals surface area (Å²) in [5.74, 6) is 0.477. The van der Waals surface area contributed by atoms with Crippen LogP contribution in [0.25, 0.3) is 0 Å². The second-order valence-corrected chi connectivity index (χ2v) is 7.16. The monoisotopic (exact) mass is 349 g/mol. The predicted octanol–water partition coefficient (Wildman–Crippen LogP) is 2.50. The zero-order valence-electron chi connectivity index (χ0n) is 15.1. The molecule has 0 bridgehead atoms. The summed E-state index contributed by atoms with van der Waals surface area (Å²) in [4.78, 5) is 17.0. The number of piperidine rings is 2. The highest BCUT2D eigenvalue weighted by Gasteiger charge is 2.37. The Labute approximate surface area is 149 Å². The summed E-state index contributed by atoms with van der Waals surface area (Å²) < 4.78 is 18.4. The predicted molar refractivity (Wildman–Crippen MR) is 95.4 cm³/mol. The van der Waals surface area contributed by atoms with E-state index in [0.29, 0.717) is 24.9 Å². The van der Waals surface area contributed by atoms with Crippen molar-refractivity contribution in [2.75, 3.05) is 40.3 Å². The summed E-state index contributed by atoms with van der Waals surface area (Å²) in [7, 11) is 3.62. The quantitative estimate of drug-likeness (QED) is 0.908. The Kier molecular flexibility index (Phi) is 5.78. The van der Waals surface area contributed by atoms with Crippen LogP contribution in [0.4, 0.5) is 9.18 Å². The standard InChI is InChI=1S/C19H28FN3O2/c1-22-11-8-17-15(13-22)4-3-10-23(17)19(24)21-9-7-14-5-6-16(20)18(12-14)25-2/h5-6,12,15,17H,3-4,7-11,13H2,1-2H3,(H,21,24)/t15-,17+/m0/s1. The Balaban J connectivity index is 1.52. The van der Waals surface area contributed by atoms with Gasteiger partial charge in [0.1, 0.15) is 0 Å². The molecule has 2 heterocycles. The van der Waals surface area contributed by atoms with E-state index < -0.39 is 0 Å². The van der Waals surface area contributed by atoms with Crippen molar-refractivity contribution in [3.63, 3.8) is 0 Å². The van der Waals surface area contributed by atoms with Gasteiger partial charge < -0.3 is 19.9 Å². The fourth-order valence-corrected chi connectivity index (χ4v) is 4.11. The van der Waals surface area contributed by atoms with Gasteiger partial charge in [-0.05, 0) is 62.9 Å². The molecular formula is C19H28FN3O2. The fraction of sp³-hybridized carbons (Fsp3) is 0.632. The van der Waals surface area contributed by atoms with Gasteiger partial charge in [-0.3, -0.25) is 0 Å². The maximum Gasteiger partial charge on any atom is 0.317 e. The van der Waals surface area contributed by atoms with Gasteiger partial charge in [0, 0.05) is 25.7 Å². The summed E-state index contributed by atoms with van der Waals surface area (Å²) in [6, 6.07) is 5.24. The number of rotatable bonds is 4. The summed E-state index contributed by atoms with van der Waals surface area (Å²) in [6.45, 7) is 3.53. The van der Waals surface area contributed by atoms with Crippen LogP contribution in [-0.2, 0) is 6.42 Å². The van der Waals surface area contributed by atoms with Gasteiger partial charge >= 0.3 is 6.03 Å². The zero-order valence-corrected chi connectivity index (χ0v) is 15.1. The van der Waals surface area contributed by atoms with E-state index in [0.717, 1.165) is 38.0 Å². The van der Waals surface area contributed by atoms with Crippen LogP contribution in [0.2, 0.25) is 0 Å². The molecule has 2 fully saturated rings. The number of urea groups is 1. The largest absolute Gasteiger partial charge is 0.494 e. The molecule has 2 saturated heterocycles. The molecule has 2 aliphatic rings. The molecule has 0 radical (unpaired) electrons. The van der Waals surface area contributed by atoms with Crippen LogP contribution in [0.1, 0.15) is 24.8 Å². The minimum atomic E-state index is -0.364. The Morgan fingerprint density at radius 1 is 1.36 bits per heavy atom. The van der Waals surface area contributed by atoms with Crippen molar-refractivity contribution in [2.45, 2.75) is 31.7 Å². The molecule has 138 valence electrons. The number of carbonyl (C=O) groups is 1. The maximum atomic E-state index is 13.4. The minimum absolute atomic E-state index is 0.0355. The molecule has 2 amide bonds. The number of methoxy groups -OCH3 is 1. The molecule has 0 aromatic heterocycles. The van der Waals surface area contributed by atoms with Crippen LogP contribution in [0.15, 0.2) is 18.2 Å². The summed E-state index contributed by atoms with van der Waals surface area (Å²) in [5, 5.41) is 3.04. The average molecular weight is 349 g/mol. The molecule has 2 aliphatic heterocycles. The Bertz CT molecular complexity index is 610. The Morgan fingerprint density at radius 3 is 3.00 bits per heavy atom. The van der Waals surface area contributed by atoms with Gasteiger partial charge in [0.25, 0.3) is 0 Å². The van der Waals surface area contributed by atoms with Crippen LogP contribution in [-0.4, -0.2) is 62.2 Å². The third kappa shape index (κ3) is 4.24. The Hall–Kier alpha value is -1.82. The smallest absolute Gasteiger partial charge is 0.317 e. The molecule has 2 atom stereocenters. The minimum Gasteiger partial charge on any atom is -0.494 e. The van der Waals surface area contributed by atoms with Gasteiger partial charge in [-0.25, -0.2) is 9.18 Å². The molecule has 1 N–H and O–H groups in total. The van der Waals surface area contributed by atoms with Crippen molar-refractivity contribution >= 4 is 6.03 Å². The molecule has 0 aliphatic carbocycles. The first kappa shape index (κ1) is 18.0. The lowest BCUT2D eigenvalue weighted by molar-refractivity contribution is 0.0534. The van der Waals surface area contributed by atoms with Crippen LogP contribution in [0.5, 0.6) is 5.75 Å². The number of nitrogens with zero attached hydrogens (tertiary/aromatic N) is 2. The molecule has 0 saturated carbocycles. The van der Waals surface area contributed by atoms with E-state index in [-0.39, 0.29) is 17.6 Å². The van der Waals surface area contributed by atoms with E-state index in [9.17, 15) is 9.18 Å². The molecular weight excluding hydrogens is 321 g/mol. The van der Waals surface area contributed by atoms with Crippen molar-refractivity contribution in [2.24, 2.45) is 5.92 Å². The van der Waals surface area contributed by atoms with Gasteiger partial charge in [-0.15, -0.1) is 0 Å². The molecule has 25 heavy (non-hydrogen) atoms. The molecule has 6 heteroatoms. The van der Waals surface area contributed by atoms with E-state index in [1.54, 1.807) is 12.1 Å². The highest BCUT2D eigenvalue weighted by Crippen LogP contribution is 2.30.